The highest BCUT2D eigenvalue weighted by molar-refractivity contribution is 6.39. The fourth-order valence-corrected chi connectivity index (χ4v) is 4.02. The normalized spacial score (nSPS) is 12.7. The van der Waals surface area contributed by atoms with Gasteiger partial charge in [0.2, 0.25) is 0 Å². The summed E-state index contributed by atoms with van der Waals surface area (Å²) < 4.78 is 13.6. The van der Waals surface area contributed by atoms with Gasteiger partial charge in [-0.1, -0.05) is 42.5 Å². The van der Waals surface area contributed by atoms with Gasteiger partial charge >= 0.3 is 11.8 Å². The molecule has 2 amide bonds. The van der Waals surface area contributed by atoms with Crippen molar-refractivity contribution in [3.05, 3.63) is 94.8 Å². The summed E-state index contributed by atoms with van der Waals surface area (Å²) in [6.07, 6.45) is 2.58. The Kier molecular flexibility index (Phi) is 7.03. The Morgan fingerprint density at radius 1 is 0.970 bits per heavy atom. The van der Waals surface area contributed by atoms with Crippen LogP contribution in [-0.2, 0) is 29.0 Å². The van der Waals surface area contributed by atoms with Gasteiger partial charge in [-0.05, 0) is 72.7 Å². The average molecular weight is 446 g/mol. The van der Waals surface area contributed by atoms with Gasteiger partial charge in [0, 0.05) is 31.0 Å². The van der Waals surface area contributed by atoms with Gasteiger partial charge in [0.25, 0.3) is 0 Å². The van der Waals surface area contributed by atoms with E-state index >= 15 is 0 Å². The van der Waals surface area contributed by atoms with Crippen molar-refractivity contribution in [2.24, 2.45) is 0 Å². The van der Waals surface area contributed by atoms with Gasteiger partial charge in [-0.3, -0.25) is 9.59 Å². The first kappa shape index (κ1) is 22.5. The van der Waals surface area contributed by atoms with Crippen LogP contribution in [0.1, 0.15) is 28.7 Å². The van der Waals surface area contributed by atoms with Crippen molar-refractivity contribution in [1.82, 2.24) is 5.32 Å². The molecule has 0 saturated heterocycles. The summed E-state index contributed by atoms with van der Waals surface area (Å²) in [6, 6.07) is 21.5. The second kappa shape index (κ2) is 10.3. The summed E-state index contributed by atoms with van der Waals surface area (Å²) in [5.41, 5.74) is 5.96. The summed E-state index contributed by atoms with van der Waals surface area (Å²) >= 11 is 0. The molecule has 5 nitrogen and oxygen atoms in total. The Bertz CT molecular complexity index is 1140. The number of carbonyl (C=O) groups is 2. The molecule has 0 fully saturated rings. The molecule has 170 valence electrons. The van der Waals surface area contributed by atoms with E-state index in [9.17, 15) is 14.0 Å². The van der Waals surface area contributed by atoms with E-state index in [4.69, 9.17) is 0 Å². The fraction of sp³-hybridized carbons (Fsp3) is 0.259. The highest BCUT2D eigenvalue weighted by Crippen LogP contribution is 2.24. The zero-order valence-electron chi connectivity index (χ0n) is 18.7. The lowest BCUT2D eigenvalue weighted by Crippen LogP contribution is -2.36. The molecule has 0 spiro atoms. The SMILES string of the molecule is Cc1ccc(NC(=O)C(=O)NCCCc2ccc(N3CCc4ccccc4C3)cc2)cc1F. The van der Waals surface area contributed by atoms with E-state index in [2.05, 4.69) is 64.1 Å². The Labute approximate surface area is 193 Å². The lowest BCUT2D eigenvalue weighted by Gasteiger charge is -2.30. The van der Waals surface area contributed by atoms with Crippen LogP contribution in [0, 0.1) is 12.7 Å². The molecule has 1 aliphatic rings. The third kappa shape index (κ3) is 5.77. The maximum absolute atomic E-state index is 13.6. The fourth-order valence-electron chi connectivity index (χ4n) is 4.02. The molecule has 0 saturated carbocycles. The molecule has 1 aliphatic heterocycles. The van der Waals surface area contributed by atoms with Crippen LogP contribution in [0.2, 0.25) is 0 Å². The molecule has 0 aromatic heterocycles. The molecule has 33 heavy (non-hydrogen) atoms. The number of halogens is 1. The highest BCUT2D eigenvalue weighted by Gasteiger charge is 2.16. The van der Waals surface area contributed by atoms with Crippen molar-refractivity contribution in [3.63, 3.8) is 0 Å². The molecule has 0 radical (unpaired) electrons. The minimum Gasteiger partial charge on any atom is -0.367 e. The van der Waals surface area contributed by atoms with Gasteiger partial charge in [0.05, 0.1) is 0 Å². The van der Waals surface area contributed by atoms with Gasteiger partial charge in [-0.25, -0.2) is 4.39 Å². The number of nitrogens with one attached hydrogen (secondary N) is 2. The number of anilines is 2. The van der Waals surface area contributed by atoms with Crippen LogP contribution in [0.4, 0.5) is 15.8 Å². The summed E-state index contributed by atoms with van der Waals surface area (Å²) in [6.45, 7) is 3.96. The average Bonchev–Trinajstić information content (AvgIpc) is 2.84. The van der Waals surface area contributed by atoms with Gasteiger partial charge < -0.3 is 15.5 Å². The Morgan fingerprint density at radius 3 is 2.48 bits per heavy atom. The number of rotatable bonds is 6. The van der Waals surface area contributed by atoms with Crippen LogP contribution in [0.5, 0.6) is 0 Å². The third-order valence-electron chi connectivity index (χ3n) is 6.00. The van der Waals surface area contributed by atoms with E-state index in [1.54, 1.807) is 19.1 Å². The first-order valence-electron chi connectivity index (χ1n) is 11.3. The van der Waals surface area contributed by atoms with Crippen molar-refractivity contribution in [1.29, 1.82) is 0 Å². The van der Waals surface area contributed by atoms with Crippen LogP contribution >= 0.6 is 0 Å². The van der Waals surface area contributed by atoms with Gasteiger partial charge in [-0.2, -0.15) is 0 Å². The first-order valence-corrected chi connectivity index (χ1v) is 11.3. The standard InChI is InChI=1S/C27H28FN3O2/c1-19-8-11-23(17-25(19)28)30-27(33)26(32)29-15-4-5-20-9-12-24(13-10-20)31-16-14-21-6-2-3-7-22(21)18-31/h2-3,6-13,17H,4-5,14-16,18H2,1H3,(H,29,32)(H,30,33). The Hall–Kier alpha value is -3.67. The quantitative estimate of drug-likeness (QED) is 0.437. The maximum atomic E-state index is 13.6. The highest BCUT2D eigenvalue weighted by atomic mass is 19.1. The number of carbonyl (C=O) groups excluding carboxylic acids is 2. The summed E-state index contributed by atoms with van der Waals surface area (Å²) in [5.74, 6) is -1.95. The van der Waals surface area contributed by atoms with E-state index in [0.29, 0.717) is 18.5 Å². The first-order chi connectivity index (χ1) is 16.0. The molecule has 1 heterocycles. The minimum absolute atomic E-state index is 0.260. The van der Waals surface area contributed by atoms with Crippen LogP contribution in [0.15, 0.2) is 66.7 Å². The zero-order valence-corrected chi connectivity index (χ0v) is 18.7. The summed E-state index contributed by atoms with van der Waals surface area (Å²) in [4.78, 5) is 26.4. The molecule has 0 atom stereocenters. The minimum atomic E-state index is -0.800. The van der Waals surface area contributed by atoms with Crippen LogP contribution in [0.3, 0.4) is 0 Å². The van der Waals surface area contributed by atoms with Crippen molar-refractivity contribution in [2.45, 2.75) is 32.7 Å². The van der Waals surface area contributed by atoms with Gasteiger partial charge in [-0.15, -0.1) is 0 Å². The number of aryl methyl sites for hydroxylation is 2. The molecule has 3 aromatic carbocycles. The third-order valence-corrected chi connectivity index (χ3v) is 6.00. The van der Waals surface area contributed by atoms with E-state index in [0.717, 1.165) is 25.9 Å². The van der Waals surface area contributed by atoms with E-state index in [1.165, 1.54) is 28.4 Å². The number of hydrogen-bond donors (Lipinski definition) is 2. The lowest BCUT2D eigenvalue weighted by atomic mass is 9.99. The summed E-state index contributed by atoms with van der Waals surface area (Å²) in [7, 11) is 0. The second-order valence-electron chi connectivity index (χ2n) is 8.38. The van der Waals surface area contributed by atoms with Crippen LogP contribution < -0.4 is 15.5 Å². The van der Waals surface area contributed by atoms with Gasteiger partial charge in [0.15, 0.2) is 0 Å². The summed E-state index contributed by atoms with van der Waals surface area (Å²) in [5, 5.41) is 5.03. The van der Waals surface area contributed by atoms with E-state index in [1.807, 2.05) is 0 Å². The number of benzene rings is 3. The van der Waals surface area contributed by atoms with Gasteiger partial charge in [0.1, 0.15) is 5.82 Å². The number of fused-ring (bicyclic) bond motifs is 1. The van der Waals surface area contributed by atoms with Crippen molar-refractivity contribution in [2.75, 3.05) is 23.3 Å². The maximum Gasteiger partial charge on any atom is 0.313 e. The lowest BCUT2D eigenvalue weighted by molar-refractivity contribution is -0.136. The van der Waals surface area contributed by atoms with E-state index in [-0.39, 0.29) is 5.69 Å². The second-order valence-corrected chi connectivity index (χ2v) is 8.38. The number of nitrogens with zero attached hydrogens (tertiary/aromatic N) is 1. The molecule has 0 bridgehead atoms. The Balaban J connectivity index is 1.20. The monoisotopic (exact) mass is 445 g/mol. The van der Waals surface area contributed by atoms with Crippen molar-refractivity contribution < 1.29 is 14.0 Å². The topological polar surface area (TPSA) is 61.4 Å². The molecule has 2 N–H and O–H groups in total. The van der Waals surface area contributed by atoms with E-state index < -0.39 is 17.6 Å². The smallest absolute Gasteiger partial charge is 0.313 e. The molecule has 0 unspecified atom stereocenters. The van der Waals surface area contributed by atoms with Crippen LogP contribution in [0.25, 0.3) is 0 Å². The number of hydrogen-bond acceptors (Lipinski definition) is 3. The number of amides is 2. The molecular formula is C27H28FN3O2. The van der Waals surface area contributed by atoms with Crippen molar-refractivity contribution in [3.8, 4) is 0 Å². The largest absolute Gasteiger partial charge is 0.367 e. The molecule has 3 aromatic rings. The van der Waals surface area contributed by atoms with Crippen LogP contribution in [-0.4, -0.2) is 24.9 Å². The Morgan fingerprint density at radius 2 is 1.73 bits per heavy atom. The molecular weight excluding hydrogens is 417 g/mol. The van der Waals surface area contributed by atoms with Crippen molar-refractivity contribution >= 4 is 23.2 Å². The predicted octanol–water partition coefficient (Wildman–Crippen LogP) is 4.38. The predicted molar refractivity (Wildman–Crippen MR) is 129 cm³/mol. The molecule has 4 rings (SSSR count). The molecule has 0 aliphatic carbocycles. The zero-order chi connectivity index (χ0) is 23.2. The molecule has 6 heteroatoms.